The first-order valence-corrected chi connectivity index (χ1v) is 9.90. The standard InChI is InChI=1S/C22H27N3O7/c1-22(2,3)32-21(28)24-15(12-14-8-6-5-7-9-14)13-31-17-11-10-16(25(29)30)19(23-4)18(17)20(26)27/h5-11,15,23H,12-13H2,1-4H3,(H,24,28)(H,26,27)/t15-/m1/s1. The fraction of sp³-hybridized carbons (Fsp3) is 0.364. The number of carbonyl (C=O) groups is 2. The van der Waals surface area contributed by atoms with Crippen molar-refractivity contribution >= 4 is 23.4 Å². The topological polar surface area (TPSA) is 140 Å². The molecule has 0 aliphatic rings. The number of hydrogen-bond acceptors (Lipinski definition) is 7. The summed E-state index contributed by atoms with van der Waals surface area (Å²) in [4.78, 5) is 34.7. The van der Waals surface area contributed by atoms with Crippen molar-refractivity contribution in [3.8, 4) is 5.75 Å². The number of amides is 1. The summed E-state index contributed by atoms with van der Waals surface area (Å²) in [5.41, 5.74) is -0.684. The number of carboxylic acid groups (broad SMARTS) is 1. The van der Waals surface area contributed by atoms with E-state index in [2.05, 4.69) is 10.6 Å². The number of benzene rings is 2. The Morgan fingerprint density at radius 2 is 1.81 bits per heavy atom. The average molecular weight is 445 g/mol. The number of nitro benzene ring substituents is 1. The zero-order chi connectivity index (χ0) is 23.9. The normalized spacial score (nSPS) is 11.9. The Balaban J connectivity index is 2.28. The quantitative estimate of drug-likeness (QED) is 0.390. The maximum absolute atomic E-state index is 12.3. The predicted octanol–water partition coefficient (Wildman–Crippen LogP) is 3.85. The summed E-state index contributed by atoms with van der Waals surface area (Å²) in [6.07, 6.45) is -0.242. The van der Waals surface area contributed by atoms with Crippen molar-refractivity contribution in [3.05, 3.63) is 63.7 Å². The molecule has 32 heavy (non-hydrogen) atoms. The van der Waals surface area contributed by atoms with Gasteiger partial charge in [-0.05, 0) is 38.8 Å². The van der Waals surface area contributed by atoms with E-state index in [1.54, 1.807) is 20.8 Å². The highest BCUT2D eigenvalue weighted by Crippen LogP contribution is 2.35. The first-order valence-electron chi connectivity index (χ1n) is 9.90. The van der Waals surface area contributed by atoms with Crippen LogP contribution in [-0.4, -0.2) is 47.4 Å². The van der Waals surface area contributed by atoms with Crippen LogP contribution < -0.4 is 15.4 Å². The van der Waals surface area contributed by atoms with E-state index in [-0.39, 0.29) is 29.3 Å². The zero-order valence-electron chi connectivity index (χ0n) is 18.4. The fourth-order valence-electron chi connectivity index (χ4n) is 3.03. The number of ether oxygens (including phenoxy) is 2. The molecule has 2 aromatic rings. The van der Waals surface area contributed by atoms with Crippen molar-refractivity contribution in [2.45, 2.75) is 38.8 Å². The lowest BCUT2D eigenvalue weighted by atomic mass is 10.1. The number of anilines is 1. The average Bonchev–Trinajstić information content (AvgIpc) is 2.70. The van der Waals surface area contributed by atoms with Crippen LogP contribution in [0.25, 0.3) is 0 Å². The van der Waals surface area contributed by atoms with E-state index in [4.69, 9.17) is 9.47 Å². The van der Waals surface area contributed by atoms with Crippen molar-refractivity contribution in [1.82, 2.24) is 5.32 Å². The van der Waals surface area contributed by atoms with Gasteiger partial charge in [0.15, 0.2) is 0 Å². The van der Waals surface area contributed by atoms with Gasteiger partial charge >= 0.3 is 12.1 Å². The van der Waals surface area contributed by atoms with Crippen LogP contribution in [0.5, 0.6) is 5.75 Å². The first-order chi connectivity index (χ1) is 15.0. The lowest BCUT2D eigenvalue weighted by molar-refractivity contribution is -0.384. The second kappa shape index (κ2) is 10.5. The third-order valence-electron chi connectivity index (χ3n) is 4.29. The van der Waals surface area contributed by atoms with Gasteiger partial charge in [0, 0.05) is 13.1 Å². The minimum absolute atomic E-state index is 0.0588. The molecule has 0 aromatic heterocycles. The number of nitrogens with zero attached hydrogens (tertiary/aromatic N) is 1. The van der Waals surface area contributed by atoms with E-state index in [9.17, 15) is 24.8 Å². The number of aromatic carboxylic acids is 1. The second-order valence-corrected chi connectivity index (χ2v) is 7.99. The zero-order valence-corrected chi connectivity index (χ0v) is 18.4. The Labute approximate surface area is 185 Å². The number of nitro groups is 1. The maximum atomic E-state index is 12.3. The van der Waals surface area contributed by atoms with Crippen LogP contribution >= 0.6 is 0 Å². The number of nitrogens with one attached hydrogen (secondary N) is 2. The molecule has 172 valence electrons. The third-order valence-corrected chi connectivity index (χ3v) is 4.29. The van der Waals surface area contributed by atoms with E-state index < -0.39 is 28.6 Å². The lowest BCUT2D eigenvalue weighted by Gasteiger charge is -2.24. The molecule has 0 saturated heterocycles. The first kappa shape index (κ1) is 24.4. The van der Waals surface area contributed by atoms with Crippen LogP contribution in [0.3, 0.4) is 0 Å². The molecule has 3 N–H and O–H groups in total. The summed E-state index contributed by atoms with van der Waals surface area (Å²) < 4.78 is 11.0. The van der Waals surface area contributed by atoms with Gasteiger partial charge in [-0.3, -0.25) is 10.1 Å². The van der Waals surface area contributed by atoms with E-state index in [0.29, 0.717) is 6.42 Å². The van der Waals surface area contributed by atoms with Gasteiger partial charge in [0.2, 0.25) is 0 Å². The molecule has 0 aliphatic carbocycles. The fourth-order valence-corrected chi connectivity index (χ4v) is 3.03. The summed E-state index contributed by atoms with van der Waals surface area (Å²) in [6, 6.07) is 11.2. The van der Waals surface area contributed by atoms with Crippen molar-refractivity contribution in [1.29, 1.82) is 0 Å². The highest BCUT2D eigenvalue weighted by Gasteiger charge is 2.27. The molecule has 0 unspecified atom stereocenters. The molecule has 0 heterocycles. The van der Waals surface area contributed by atoms with Crippen molar-refractivity contribution in [2.24, 2.45) is 0 Å². The van der Waals surface area contributed by atoms with Gasteiger partial charge in [0.1, 0.15) is 29.2 Å². The molecule has 0 fully saturated rings. The second-order valence-electron chi connectivity index (χ2n) is 7.99. The Morgan fingerprint density at radius 3 is 2.34 bits per heavy atom. The molecule has 0 radical (unpaired) electrons. The van der Waals surface area contributed by atoms with Gasteiger partial charge in [-0.1, -0.05) is 30.3 Å². The number of hydrogen-bond donors (Lipinski definition) is 3. The summed E-state index contributed by atoms with van der Waals surface area (Å²) >= 11 is 0. The minimum Gasteiger partial charge on any atom is -0.490 e. The van der Waals surface area contributed by atoms with Crippen LogP contribution in [0.1, 0.15) is 36.7 Å². The van der Waals surface area contributed by atoms with Gasteiger partial charge in [-0.25, -0.2) is 9.59 Å². The van der Waals surface area contributed by atoms with Crippen molar-refractivity contribution in [3.63, 3.8) is 0 Å². The molecular formula is C22H27N3O7. The summed E-state index contributed by atoms with van der Waals surface area (Å²) in [6.45, 7) is 5.13. The number of carbonyl (C=O) groups excluding carboxylic acids is 1. The number of alkyl carbamates (subject to hydrolysis) is 1. The minimum atomic E-state index is -1.38. The van der Waals surface area contributed by atoms with Crippen LogP contribution in [0.2, 0.25) is 0 Å². The van der Waals surface area contributed by atoms with E-state index in [0.717, 1.165) is 5.56 Å². The molecule has 10 heteroatoms. The SMILES string of the molecule is CNc1c([N+](=O)[O-])ccc(OC[C@@H](Cc2ccccc2)NC(=O)OC(C)(C)C)c1C(=O)O. The monoisotopic (exact) mass is 445 g/mol. The Hall–Kier alpha value is -3.82. The molecule has 2 rings (SSSR count). The highest BCUT2D eigenvalue weighted by molar-refractivity contribution is 6.00. The number of rotatable bonds is 9. The van der Waals surface area contributed by atoms with Gasteiger partial charge in [-0.15, -0.1) is 0 Å². The van der Waals surface area contributed by atoms with Crippen LogP contribution in [-0.2, 0) is 11.2 Å². The molecule has 0 spiro atoms. The van der Waals surface area contributed by atoms with E-state index >= 15 is 0 Å². The third kappa shape index (κ3) is 6.86. The van der Waals surface area contributed by atoms with E-state index in [1.807, 2.05) is 30.3 Å². The summed E-state index contributed by atoms with van der Waals surface area (Å²) in [5, 5.41) is 26.2. The van der Waals surface area contributed by atoms with E-state index in [1.165, 1.54) is 19.2 Å². The number of carboxylic acids is 1. The molecule has 2 aromatic carbocycles. The Morgan fingerprint density at radius 1 is 1.16 bits per heavy atom. The van der Waals surface area contributed by atoms with Gasteiger partial charge in [0.25, 0.3) is 5.69 Å². The van der Waals surface area contributed by atoms with Gasteiger partial charge in [-0.2, -0.15) is 0 Å². The summed E-state index contributed by atoms with van der Waals surface area (Å²) in [5.74, 6) is -1.44. The molecule has 10 nitrogen and oxygen atoms in total. The molecule has 1 amide bonds. The predicted molar refractivity (Wildman–Crippen MR) is 118 cm³/mol. The Bertz CT molecular complexity index is 971. The molecule has 0 aliphatic heterocycles. The molecule has 1 atom stereocenters. The smallest absolute Gasteiger partial charge is 0.408 e. The van der Waals surface area contributed by atoms with Crippen molar-refractivity contribution in [2.75, 3.05) is 19.0 Å². The van der Waals surface area contributed by atoms with Crippen LogP contribution in [0.4, 0.5) is 16.2 Å². The van der Waals surface area contributed by atoms with Crippen LogP contribution in [0.15, 0.2) is 42.5 Å². The van der Waals surface area contributed by atoms with Gasteiger partial charge in [0.05, 0.1) is 11.0 Å². The lowest BCUT2D eigenvalue weighted by Crippen LogP contribution is -2.43. The maximum Gasteiger partial charge on any atom is 0.408 e. The molecular weight excluding hydrogens is 418 g/mol. The Kier molecular flexibility index (Phi) is 8.00. The molecule has 0 bridgehead atoms. The van der Waals surface area contributed by atoms with Crippen molar-refractivity contribution < 1.29 is 29.1 Å². The highest BCUT2D eigenvalue weighted by atomic mass is 16.6. The van der Waals surface area contributed by atoms with Crippen LogP contribution in [0, 0.1) is 10.1 Å². The molecule has 0 saturated carbocycles. The van der Waals surface area contributed by atoms with Gasteiger partial charge < -0.3 is 25.2 Å². The summed E-state index contributed by atoms with van der Waals surface area (Å²) in [7, 11) is 1.39. The largest absolute Gasteiger partial charge is 0.490 e.